The third kappa shape index (κ3) is 3.44. The predicted octanol–water partition coefficient (Wildman–Crippen LogP) is 3.01. The van der Waals surface area contributed by atoms with Gasteiger partial charge in [0.2, 0.25) is 0 Å². The van der Waals surface area contributed by atoms with Gasteiger partial charge in [-0.25, -0.2) is 9.02 Å². The van der Waals surface area contributed by atoms with Gasteiger partial charge in [0.05, 0.1) is 24.6 Å². The quantitative estimate of drug-likeness (QED) is 0.679. The Labute approximate surface area is 154 Å². The molecule has 1 aromatic heterocycles. The first-order chi connectivity index (χ1) is 12.7. The van der Waals surface area contributed by atoms with Gasteiger partial charge in [0.15, 0.2) is 16.1 Å². The fourth-order valence-corrected chi connectivity index (χ4v) is 3.06. The molecule has 0 aliphatic carbocycles. The van der Waals surface area contributed by atoms with E-state index in [1.165, 1.54) is 12.1 Å². The molecule has 0 bridgehead atoms. The van der Waals surface area contributed by atoms with E-state index in [-0.39, 0.29) is 5.82 Å². The molecule has 0 unspecified atom stereocenters. The van der Waals surface area contributed by atoms with Crippen LogP contribution in [0.1, 0.15) is 0 Å². The number of hydrogen-bond acceptors (Lipinski definition) is 6. The summed E-state index contributed by atoms with van der Waals surface area (Å²) in [6.07, 6.45) is 0. The lowest BCUT2D eigenvalue weighted by molar-refractivity contribution is 0.123. The van der Waals surface area contributed by atoms with Gasteiger partial charge in [-0.2, -0.15) is 0 Å². The van der Waals surface area contributed by atoms with Crippen LogP contribution in [0.3, 0.4) is 0 Å². The van der Waals surface area contributed by atoms with Gasteiger partial charge in [-0.15, -0.1) is 0 Å². The molecule has 0 amide bonds. The Kier molecular flexibility index (Phi) is 4.63. The number of rotatable bonds is 3. The second-order valence-corrected chi connectivity index (χ2v) is 6.19. The minimum atomic E-state index is -0.302. The number of nitrogens with zero attached hydrogens (tertiary/aromatic N) is 3. The highest BCUT2D eigenvalue weighted by Crippen LogP contribution is 2.30. The fraction of sp³-hybridized carbons (Fsp3) is 0.235. The number of hydrogen-bond donors (Lipinski definition) is 2. The lowest BCUT2D eigenvalue weighted by atomic mass is 10.2. The molecule has 1 saturated heterocycles. The molecule has 0 saturated carbocycles. The van der Waals surface area contributed by atoms with Crippen molar-refractivity contribution < 1.29 is 13.8 Å². The zero-order chi connectivity index (χ0) is 17.9. The van der Waals surface area contributed by atoms with Crippen molar-refractivity contribution >= 4 is 45.4 Å². The van der Waals surface area contributed by atoms with Gasteiger partial charge in [-0.3, -0.25) is 0 Å². The number of ether oxygens (including phenoxy) is 1. The van der Waals surface area contributed by atoms with E-state index < -0.39 is 0 Å². The summed E-state index contributed by atoms with van der Waals surface area (Å²) in [5, 5.41) is 14.5. The van der Waals surface area contributed by atoms with Gasteiger partial charge in [0.25, 0.3) is 0 Å². The van der Waals surface area contributed by atoms with E-state index in [1.807, 2.05) is 12.1 Å². The Morgan fingerprint density at radius 2 is 1.73 bits per heavy atom. The van der Waals surface area contributed by atoms with Gasteiger partial charge < -0.3 is 20.3 Å². The average molecular weight is 373 g/mol. The smallest absolute Gasteiger partial charge is 0.175 e. The molecule has 3 aromatic rings. The number of aromatic nitrogens is 2. The maximum absolute atomic E-state index is 13.0. The van der Waals surface area contributed by atoms with Crippen LogP contribution in [0.5, 0.6) is 0 Å². The summed E-state index contributed by atoms with van der Waals surface area (Å²) in [6, 6.07) is 9.79. The molecule has 0 atom stereocenters. The molecule has 7 nitrogen and oxygen atoms in total. The van der Waals surface area contributed by atoms with E-state index in [0.29, 0.717) is 40.7 Å². The molecule has 1 fully saturated rings. The first kappa shape index (κ1) is 16.7. The maximum Gasteiger partial charge on any atom is 0.175 e. The van der Waals surface area contributed by atoms with E-state index >= 15 is 0 Å². The Morgan fingerprint density at radius 3 is 2.50 bits per heavy atom. The number of halogens is 1. The largest absolute Gasteiger partial charge is 0.378 e. The number of thiocarbonyl (C=S) groups is 1. The van der Waals surface area contributed by atoms with Crippen LogP contribution in [-0.4, -0.2) is 41.7 Å². The highest BCUT2D eigenvalue weighted by atomic mass is 32.1. The molecule has 26 heavy (non-hydrogen) atoms. The number of benzene rings is 2. The summed E-state index contributed by atoms with van der Waals surface area (Å²) >= 11 is 5.32. The molecule has 0 spiro atoms. The molecule has 1 aliphatic heterocycles. The van der Waals surface area contributed by atoms with E-state index in [4.69, 9.17) is 21.6 Å². The van der Waals surface area contributed by atoms with Gasteiger partial charge >= 0.3 is 0 Å². The van der Waals surface area contributed by atoms with E-state index in [9.17, 15) is 4.39 Å². The molecule has 0 radical (unpaired) electrons. The summed E-state index contributed by atoms with van der Waals surface area (Å²) in [7, 11) is 0. The van der Waals surface area contributed by atoms with Crippen LogP contribution in [-0.2, 0) is 4.74 Å². The lowest BCUT2D eigenvalue weighted by Gasteiger charge is -2.28. The van der Waals surface area contributed by atoms with Crippen LogP contribution >= 0.6 is 12.2 Å². The second-order valence-electron chi connectivity index (χ2n) is 5.78. The molecule has 1 aliphatic rings. The summed E-state index contributed by atoms with van der Waals surface area (Å²) in [6.45, 7) is 2.94. The van der Waals surface area contributed by atoms with Crippen LogP contribution in [0.25, 0.3) is 11.0 Å². The SMILES string of the molecule is Fc1ccc(NC(=S)Nc2ccc(N3CCOCC3)c3nonc23)cc1. The summed E-state index contributed by atoms with van der Waals surface area (Å²) < 4.78 is 23.3. The minimum Gasteiger partial charge on any atom is -0.378 e. The maximum atomic E-state index is 13.0. The zero-order valence-electron chi connectivity index (χ0n) is 13.7. The normalized spacial score (nSPS) is 14.4. The van der Waals surface area contributed by atoms with E-state index in [2.05, 4.69) is 25.8 Å². The van der Waals surface area contributed by atoms with Gasteiger partial charge in [0, 0.05) is 18.8 Å². The van der Waals surface area contributed by atoms with Crippen LogP contribution in [0.15, 0.2) is 41.0 Å². The van der Waals surface area contributed by atoms with E-state index in [0.717, 1.165) is 18.8 Å². The van der Waals surface area contributed by atoms with Gasteiger partial charge in [0.1, 0.15) is 5.82 Å². The van der Waals surface area contributed by atoms with Crippen molar-refractivity contribution in [3.8, 4) is 0 Å². The van der Waals surface area contributed by atoms with Crippen molar-refractivity contribution in [1.29, 1.82) is 0 Å². The van der Waals surface area contributed by atoms with Gasteiger partial charge in [-0.1, -0.05) is 0 Å². The van der Waals surface area contributed by atoms with Crippen LogP contribution in [0.4, 0.5) is 21.5 Å². The fourth-order valence-electron chi connectivity index (χ4n) is 2.83. The van der Waals surface area contributed by atoms with Crippen LogP contribution < -0.4 is 15.5 Å². The van der Waals surface area contributed by atoms with Crippen LogP contribution in [0.2, 0.25) is 0 Å². The summed E-state index contributed by atoms with van der Waals surface area (Å²) in [5.74, 6) is -0.302. The zero-order valence-corrected chi connectivity index (χ0v) is 14.6. The number of anilines is 3. The second kappa shape index (κ2) is 7.22. The van der Waals surface area contributed by atoms with Gasteiger partial charge in [-0.05, 0) is 58.9 Å². The predicted molar refractivity (Wildman–Crippen MR) is 101 cm³/mol. The lowest BCUT2D eigenvalue weighted by Crippen LogP contribution is -2.36. The monoisotopic (exact) mass is 373 g/mol. The number of fused-ring (bicyclic) bond motifs is 1. The van der Waals surface area contributed by atoms with Crippen molar-refractivity contribution in [3.05, 3.63) is 42.2 Å². The summed E-state index contributed by atoms with van der Waals surface area (Å²) in [4.78, 5) is 2.19. The third-order valence-electron chi connectivity index (χ3n) is 4.10. The minimum absolute atomic E-state index is 0.302. The molecule has 2 N–H and O–H groups in total. The highest BCUT2D eigenvalue weighted by molar-refractivity contribution is 7.80. The Balaban J connectivity index is 1.54. The molecular formula is C17H16FN5O2S. The summed E-state index contributed by atoms with van der Waals surface area (Å²) in [5.41, 5.74) is 3.58. The molecule has 2 heterocycles. The Bertz CT molecular complexity index is 925. The van der Waals surface area contributed by atoms with Crippen molar-refractivity contribution in [2.75, 3.05) is 41.8 Å². The number of morpholine rings is 1. The molecule has 2 aromatic carbocycles. The molecule has 9 heteroatoms. The highest BCUT2D eigenvalue weighted by Gasteiger charge is 2.19. The Morgan fingerprint density at radius 1 is 1.00 bits per heavy atom. The molecule has 4 rings (SSSR count). The average Bonchev–Trinajstić information content (AvgIpc) is 3.15. The van der Waals surface area contributed by atoms with Crippen molar-refractivity contribution in [1.82, 2.24) is 10.3 Å². The topological polar surface area (TPSA) is 75.5 Å². The third-order valence-corrected chi connectivity index (χ3v) is 4.30. The van der Waals surface area contributed by atoms with Crippen molar-refractivity contribution in [2.45, 2.75) is 0 Å². The van der Waals surface area contributed by atoms with Crippen molar-refractivity contribution in [3.63, 3.8) is 0 Å². The Hall–Kier alpha value is -2.78. The number of nitrogens with one attached hydrogen (secondary N) is 2. The molecular weight excluding hydrogens is 357 g/mol. The van der Waals surface area contributed by atoms with Crippen molar-refractivity contribution in [2.24, 2.45) is 0 Å². The van der Waals surface area contributed by atoms with E-state index in [1.54, 1.807) is 12.1 Å². The first-order valence-electron chi connectivity index (χ1n) is 8.12. The first-order valence-corrected chi connectivity index (χ1v) is 8.53. The molecule has 134 valence electrons. The standard InChI is InChI=1S/C17H16FN5O2S/c18-11-1-3-12(4-2-11)19-17(26)20-13-5-6-14(16-15(13)21-25-22-16)23-7-9-24-10-8-23/h1-6H,7-10H2,(H2,19,20,26). The van der Waals surface area contributed by atoms with Crippen LogP contribution in [0, 0.1) is 5.82 Å².